The number of aromatic nitrogens is 4. The standard InChI is InChI=1S/C22H26N4OS/c1-4-5-10-28-22-24-21-23-19-11-17(12-20(27)18(19)13-26(21)25-22)16-8-6-15(7-9-16)14(2)3/h6-9,13-14,17H,4-5,10-12H2,1-3H3/t17-/m1/s1. The van der Waals surface area contributed by atoms with E-state index < -0.39 is 0 Å². The number of rotatable bonds is 6. The summed E-state index contributed by atoms with van der Waals surface area (Å²) in [6.45, 7) is 6.56. The zero-order valence-electron chi connectivity index (χ0n) is 16.7. The summed E-state index contributed by atoms with van der Waals surface area (Å²) < 4.78 is 1.66. The quantitative estimate of drug-likeness (QED) is 0.432. The molecule has 2 heterocycles. The third-order valence-corrected chi connectivity index (χ3v) is 6.29. The second kappa shape index (κ2) is 8.03. The summed E-state index contributed by atoms with van der Waals surface area (Å²) >= 11 is 1.65. The van der Waals surface area contributed by atoms with E-state index >= 15 is 0 Å². The number of benzene rings is 1. The van der Waals surface area contributed by atoms with Crippen LogP contribution in [0.3, 0.4) is 0 Å². The molecule has 0 saturated carbocycles. The number of ketones is 1. The normalized spacial score (nSPS) is 16.7. The van der Waals surface area contributed by atoms with Crippen LogP contribution in [-0.2, 0) is 6.42 Å². The van der Waals surface area contributed by atoms with Crippen LogP contribution in [0.5, 0.6) is 0 Å². The van der Waals surface area contributed by atoms with Crippen LogP contribution in [0.1, 0.15) is 79.0 Å². The Balaban J connectivity index is 1.59. The molecule has 5 nitrogen and oxygen atoms in total. The van der Waals surface area contributed by atoms with Crippen molar-refractivity contribution in [2.75, 3.05) is 5.75 Å². The van der Waals surface area contributed by atoms with Crippen molar-refractivity contribution in [2.24, 2.45) is 0 Å². The molecule has 1 aliphatic carbocycles. The Labute approximate surface area is 170 Å². The SMILES string of the molecule is CCCCSc1nc2nc3c(cn2n1)C(=O)C[C@H](c1ccc(C(C)C)cc1)C3. The highest BCUT2D eigenvalue weighted by Gasteiger charge is 2.28. The van der Waals surface area contributed by atoms with Gasteiger partial charge in [0, 0.05) is 18.4 Å². The van der Waals surface area contributed by atoms with Crippen LogP contribution in [0.4, 0.5) is 0 Å². The van der Waals surface area contributed by atoms with Gasteiger partial charge in [0.15, 0.2) is 5.78 Å². The fourth-order valence-corrected chi connectivity index (χ4v) is 4.53. The molecule has 0 fully saturated rings. The number of carbonyl (C=O) groups excluding carboxylic acids is 1. The first-order chi connectivity index (χ1) is 13.5. The summed E-state index contributed by atoms with van der Waals surface area (Å²) in [5, 5.41) is 5.22. The van der Waals surface area contributed by atoms with E-state index in [1.54, 1.807) is 16.3 Å². The van der Waals surface area contributed by atoms with E-state index in [0.29, 0.717) is 23.7 Å². The number of thioether (sulfide) groups is 1. The zero-order valence-corrected chi connectivity index (χ0v) is 17.5. The zero-order chi connectivity index (χ0) is 19.7. The number of fused-ring (bicyclic) bond motifs is 2. The van der Waals surface area contributed by atoms with Crippen LogP contribution in [0.2, 0.25) is 0 Å². The predicted molar refractivity (Wildman–Crippen MR) is 112 cm³/mol. The molecule has 146 valence electrons. The van der Waals surface area contributed by atoms with E-state index in [0.717, 1.165) is 35.9 Å². The Kier molecular flexibility index (Phi) is 5.49. The van der Waals surface area contributed by atoms with Gasteiger partial charge in [-0.25, -0.2) is 9.50 Å². The van der Waals surface area contributed by atoms with E-state index in [2.05, 4.69) is 55.1 Å². The molecule has 0 aliphatic heterocycles. The molecule has 1 atom stereocenters. The van der Waals surface area contributed by atoms with Gasteiger partial charge in [-0.05, 0) is 35.8 Å². The lowest BCUT2D eigenvalue weighted by atomic mass is 9.81. The van der Waals surface area contributed by atoms with Gasteiger partial charge in [-0.2, -0.15) is 4.98 Å². The molecule has 0 bridgehead atoms. The molecule has 1 aliphatic rings. The molecule has 3 aromatic rings. The first-order valence-electron chi connectivity index (χ1n) is 10.1. The smallest absolute Gasteiger partial charge is 0.253 e. The van der Waals surface area contributed by atoms with E-state index in [1.807, 2.05) is 6.20 Å². The second-order valence-corrected chi connectivity index (χ2v) is 8.85. The van der Waals surface area contributed by atoms with Crippen molar-refractivity contribution in [3.05, 3.63) is 52.8 Å². The first-order valence-corrected chi connectivity index (χ1v) is 11.1. The van der Waals surface area contributed by atoms with Crippen molar-refractivity contribution in [2.45, 2.75) is 63.4 Å². The third-order valence-electron chi connectivity index (χ3n) is 5.37. The average molecular weight is 395 g/mol. The Morgan fingerprint density at radius 3 is 2.68 bits per heavy atom. The number of nitrogens with zero attached hydrogens (tertiary/aromatic N) is 4. The number of hydrogen-bond acceptors (Lipinski definition) is 5. The predicted octanol–water partition coefficient (Wildman–Crippen LogP) is 5.05. The molecule has 0 amide bonds. The van der Waals surface area contributed by atoms with Gasteiger partial charge < -0.3 is 0 Å². The van der Waals surface area contributed by atoms with Gasteiger partial charge in [0.05, 0.1) is 11.3 Å². The van der Waals surface area contributed by atoms with Gasteiger partial charge in [0.25, 0.3) is 5.78 Å². The fraction of sp³-hybridized carbons (Fsp3) is 0.455. The van der Waals surface area contributed by atoms with Gasteiger partial charge >= 0.3 is 0 Å². The Morgan fingerprint density at radius 2 is 1.96 bits per heavy atom. The van der Waals surface area contributed by atoms with Crippen molar-refractivity contribution in [1.82, 2.24) is 19.6 Å². The van der Waals surface area contributed by atoms with Crippen molar-refractivity contribution in [3.8, 4) is 0 Å². The molecule has 0 N–H and O–H groups in total. The highest BCUT2D eigenvalue weighted by Crippen LogP contribution is 2.32. The number of Topliss-reactive ketones (excluding diaryl/α,β-unsaturated/α-hetero) is 1. The molecular formula is C22H26N4OS. The minimum absolute atomic E-state index is 0.143. The summed E-state index contributed by atoms with van der Waals surface area (Å²) in [6, 6.07) is 8.68. The van der Waals surface area contributed by atoms with Crippen molar-refractivity contribution >= 4 is 23.3 Å². The van der Waals surface area contributed by atoms with E-state index in [4.69, 9.17) is 4.98 Å². The van der Waals surface area contributed by atoms with E-state index in [9.17, 15) is 4.79 Å². The van der Waals surface area contributed by atoms with Crippen molar-refractivity contribution in [1.29, 1.82) is 0 Å². The molecule has 6 heteroatoms. The lowest BCUT2D eigenvalue weighted by molar-refractivity contribution is 0.0962. The van der Waals surface area contributed by atoms with Gasteiger partial charge in [-0.15, -0.1) is 5.10 Å². The summed E-state index contributed by atoms with van der Waals surface area (Å²) in [6.07, 6.45) is 5.40. The molecule has 0 unspecified atom stereocenters. The van der Waals surface area contributed by atoms with Crippen LogP contribution in [-0.4, -0.2) is 31.1 Å². The van der Waals surface area contributed by atoms with Gasteiger partial charge in [0.2, 0.25) is 5.16 Å². The lowest BCUT2D eigenvalue weighted by Crippen LogP contribution is -2.21. The van der Waals surface area contributed by atoms with Gasteiger partial charge in [-0.1, -0.05) is 63.2 Å². The van der Waals surface area contributed by atoms with Crippen LogP contribution < -0.4 is 0 Å². The molecule has 1 aromatic carbocycles. The molecular weight excluding hydrogens is 368 g/mol. The Hall–Kier alpha value is -2.21. The maximum absolute atomic E-state index is 12.8. The van der Waals surface area contributed by atoms with Gasteiger partial charge in [-0.3, -0.25) is 4.79 Å². The van der Waals surface area contributed by atoms with Crippen LogP contribution in [0, 0.1) is 0 Å². The summed E-state index contributed by atoms with van der Waals surface area (Å²) in [7, 11) is 0. The number of hydrogen-bond donors (Lipinski definition) is 0. The number of unbranched alkanes of at least 4 members (excludes halogenated alkanes) is 1. The highest BCUT2D eigenvalue weighted by atomic mass is 32.2. The van der Waals surface area contributed by atoms with Crippen LogP contribution in [0.15, 0.2) is 35.6 Å². The minimum Gasteiger partial charge on any atom is -0.294 e. The maximum Gasteiger partial charge on any atom is 0.253 e. The molecule has 2 aromatic heterocycles. The van der Waals surface area contributed by atoms with Crippen molar-refractivity contribution in [3.63, 3.8) is 0 Å². The second-order valence-electron chi connectivity index (χ2n) is 7.79. The highest BCUT2D eigenvalue weighted by molar-refractivity contribution is 7.99. The molecule has 28 heavy (non-hydrogen) atoms. The molecule has 4 rings (SSSR count). The summed E-state index contributed by atoms with van der Waals surface area (Å²) in [5.74, 6) is 2.42. The molecule has 0 spiro atoms. The Morgan fingerprint density at radius 1 is 1.18 bits per heavy atom. The molecule has 0 radical (unpaired) electrons. The average Bonchev–Trinajstić information content (AvgIpc) is 3.08. The largest absolute Gasteiger partial charge is 0.294 e. The van der Waals surface area contributed by atoms with Crippen molar-refractivity contribution < 1.29 is 4.79 Å². The fourth-order valence-electron chi connectivity index (χ4n) is 3.62. The lowest BCUT2D eigenvalue weighted by Gasteiger charge is -2.23. The van der Waals surface area contributed by atoms with Crippen LogP contribution in [0.25, 0.3) is 5.78 Å². The monoisotopic (exact) mass is 394 g/mol. The van der Waals surface area contributed by atoms with E-state index in [1.165, 1.54) is 11.1 Å². The van der Waals surface area contributed by atoms with E-state index in [-0.39, 0.29) is 11.7 Å². The third kappa shape index (κ3) is 3.83. The minimum atomic E-state index is 0.143. The number of carbonyl (C=O) groups is 1. The summed E-state index contributed by atoms with van der Waals surface area (Å²) in [4.78, 5) is 22.0. The summed E-state index contributed by atoms with van der Waals surface area (Å²) in [5.41, 5.74) is 4.07. The first kappa shape index (κ1) is 19.1. The maximum atomic E-state index is 12.8. The molecule has 0 saturated heterocycles. The topological polar surface area (TPSA) is 60.1 Å². The van der Waals surface area contributed by atoms with Gasteiger partial charge in [0.1, 0.15) is 0 Å². The van der Waals surface area contributed by atoms with Crippen LogP contribution >= 0.6 is 11.8 Å². The Bertz CT molecular complexity index is 994.